The topological polar surface area (TPSA) is 92.4 Å². The second-order valence-corrected chi connectivity index (χ2v) is 4.02. The van der Waals surface area contributed by atoms with E-state index in [-0.39, 0.29) is 24.6 Å². The molecule has 2 aromatic rings. The lowest BCUT2D eigenvalue weighted by molar-refractivity contribution is 0.320. The predicted octanol–water partition coefficient (Wildman–Crippen LogP) is 1.79. The molecule has 0 aliphatic heterocycles. The number of benzene rings is 1. The molecule has 0 saturated heterocycles. The van der Waals surface area contributed by atoms with Gasteiger partial charge in [-0.2, -0.15) is 0 Å². The van der Waals surface area contributed by atoms with Crippen molar-refractivity contribution in [3.05, 3.63) is 28.8 Å². The number of methoxy groups -OCH3 is 2. The van der Waals surface area contributed by atoms with Gasteiger partial charge in [0.05, 0.1) is 14.2 Å². The van der Waals surface area contributed by atoms with E-state index in [1.165, 1.54) is 14.2 Å². The van der Waals surface area contributed by atoms with Crippen LogP contribution in [-0.2, 0) is 6.54 Å². The van der Waals surface area contributed by atoms with E-state index in [4.69, 9.17) is 31.5 Å². The van der Waals surface area contributed by atoms with Crippen LogP contribution in [0.3, 0.4) is 0 Å². The molecule has 0 radical (unpaired) electrons. The summed E-state index contributed by atoms with van der Waals surface area (Å²) in [6, 6.07) is 5.39. The minimum Gasteiger partial charge on any atom is -0.467 e. The van der Waals surface area contributed by atoms with Gasteiger partial charge in [0.25, 0.3) is 0 Å². The van der Waals surface area contributed by atoms with E-state index in [9.17, 15) is 0 Å². The van der Waals surface area contributed by atoms with Gasteiger partial charge in [0.2, 0.25) is 0 Å². The molecule has 0 fully saturated rings. The third kappa shape index (κ3) is 3.06. The summed E-state index contributed by atoms with van der Waals surface area (Å²) in [5.74, 6) is 0.468. The lowest BCUT2D eigenvalue weighted by Crippen LogP contribution is -2.04. The van der Waals surface area contributed by atoms with Crippen LogP contribution < -0.4 is 19.9 Å². The molecule has 1 aromatic heterocycles. The number of aromatic nitrogens is 3. The van der Waals surface area contributed by atoms with Crippen molar-refractivity contribution in [2.24, 2.45) is 5.73 Å². The van der Waals surface area contributed by atoms with Crippen molar-refractivity contribution in [3.63, 3.8) is 0 Å². The van der Waals surface area contributed by atoms with Gasteiger partial charge in [-0.1, -0.05) is 17.7 Å². The average Bonchev–Trinajstić information content (AvgIpc) is 2.47. The van der Waals surface area contributed by atoms with E-state index < -0.39 is 0 Å². The standard InChI is InChI=1S/C12H13ClN4O3/c1-18-10-15-11(19-2)17-12(16-10)20-9-5-3-4-8(13)7(9)6-14/h3-5H,6,14H2,1-2H3. The van der Waals surface area contributed by atoms with Crippen LogP contribution in [0, 0.1) is 0 Å². The Hall–Kier alpha value is -2.12. The first-order valence-electron chi connectivity index (χ1n) is 5.67. The van der Waals surface area contributed by atoms with E-state index in [1.54, 1.807) is 18.2 Å². The maximum Gasteiger partial charge on any atom is 0.331 e. The van der Waals surface area contributed by atoms with Gasteiger partial charge in [-0.05, 0) is 12.1 Å². The summed E-state index contributed by atoms with van der Waals surface area (Å²) in [6.45, 7) is 0.231. The number of hydrogen-bond acceptors (Lipinski definition) is 7. The van der Waals surface area contributed by atoms with Gasteiger partial charge in [-0.15, -0.1) is 15.0 Å². The molecule has 0 atom stereocenters. The highest BCUT2D eigenvalue weighted by Gasteiger charge is 2.12. The largest absolute Gasteiger partial charge is 0.467 e. The van der Waals surface area contributed by atoms with Crippen LogP contribution >= 0.6 is 11.6 Å². The van der Waals surface area contributed by atoms with Gasteiger partial charge in [0.1, 0.15) is 5.75 Å². The first-order chi connectivity index (χ1) is 9.67. The van der Waals surface area contributed by atoms with E-state index >= 15 is 0 Å². The SMILES string of the molecule is COc1nc(OC)nc(Oc2cccc(Cl)c2CN)n1. The van der Waals surface area contributed by atoms with Crippen LogP contribution in [0.25, 0.3) is 0 Å². The van der Waals surface area contributed by atoms with Crippen molar-refractivity contribution in [2.75, 3.05) is 14.2 Å². The lowest BCUT2D eigenvalue weighted by atomic mass is 10.2. The molecule has 0 aliphatic carbocycles. The number of hydrogen-bond donors (Lipinski definition) is 1. The molecule has 2 rings (SSSR count). The number of ether oxygens (including phenoxy) is 3. The molecular formula is C12H13ClN4O3. The first kappa shape index (κ1) is 14.3. The third-order valence-corrected chi connectivity index (χ3v) is 2.77. The molecule has 0 saturated carbocycles. The monoisotopic (exact) mass is 296 g/mol. The van der Waals surface area contributed by atoms with E-state index in [0.717, 1.165) is 0 Å². The van der Waals surface area contributed by atoms with Crippen LogP contribution in [0.4, 0.5) is 0 Å². The maximum atomic E-state index is 6.05. The fraction of sp³-hybridized carbons (Fsp3) is 0.250. The Kier molecular flexibility index (Phi) is 4.54. The Balaban J connectivity index is 2.37. The molecule has 1 heterocycles. The molecule has 0 spiro atoms. The minimum absolute atomic E-state index is 0.0330. The first-order valence-corrected chi connectivity index (χ1v) is 6.05. The molecule has 0 bridgehead atoms. The summed E-state index contributed by atoms with van der Waals surface area (Å²) < 4.78 is 15.5. The molecule has 20 heavy (non-hydrogen) atoms. The molecule has 8 heteroatoms. The van der Waals surface area contributed by atoms with Crippen LogP contribution in [0.15, 0.2) is 18.2 Å². The Labute approximate surface area is 120 Å². The number of rotatable bonds is 5. The van der Waals surface area contributed by atoms with Gasteiger partial charge >= 0.3 is 18.0 Å². The number of nitrogens with two attached hydrogens (primary N) is 1. The predicted molar refractivity (Wildman–Crippen MR) is 72.3 cm³/mol. The van der Waals surface area contributed by atoms with Crippen molar-refractivity contribution in [2.45, 2.75) is 6.54 Å². The Bertz CT molecular complexity index is 587. The van der Waals surface area contributed by atoms with E-state index in [2.05, 4.69) is 15.0 Å². The van der Waals surface area contributed by atoms with Gasteiger partial charge in [-0.25, -0.2) is 0 Å². The number of halogens is 1. The van der Waals surface area contributed by atoms with Crippen LogP contribution in [0.5, 0.6) is 23.8 Å². The average molecular weight is 297 g/mol. The molecule has 106 valence electrons. The van der Waals surface area contributed by atoms with Crippen molar-refractivity contribution in [3.8, 4) is 23.8 Å². The minimum atomic E-state index is 0.0330. The van der Waals surface area contributed by atoms with Gasteiger partial charge in [-0.3, -0.25) is 0 Å². The Morgan fingerprint density at radius 1 is 1.05 bits per heavy atom. The van der Waals surface area contributed by atoms with Crippen molar-refractivity contribution in [1.82, 2.24) is 15.0 Å². The molecule has 2 N–H and O–H groups in total. The molecule has 0 amide bonds. The maximum absolute atomic E-state index is 6.05. The zero-order chi connectivity index (χ0) is 14.5. The van der Waals surface area contributed by atoms with Crippen molar-refractivity contribution < 1.29 is 14.2 Å². The van der Waals surface area contributed by atoms with Crippen LogP contribution in [0.1, 0.15) is 5.56 Å². The number of nitrogens with zero attached hydrogens (tertiary/aromatic N) is 3. The fourth-order valence-corrected chi connectivity index (χ4v) is 1.72. The molecule has 1 aromatic carbocycles. The highest BCUT2D eigenvalue weighted by molar-refractivity contribution is 6.31. The smallest absolute Gasteiger partial charge is 0.331 e. The van der Waals surface area contributed by atoms with E-state index in [0.29, 0.717) is 16.3 Å². The quantitative estimate of drug-likeness (QED) is 0.899. The van der Waals surface area contributed by atoms with Crippen LogP contribution in [-0.4, -0.2) is 29.2 Å². The van der Waals surface area contributed by atoms with Gasteiger partial charge in [0.15, 0.2) is 0 Å². The molecule has 0 unspecified atom stereocenters. The second-order valence-electron chi connectivity index (χ2n) is 3.61. The summed E-state index contributed by atoms with van der Waals surface area (Å²) in [5.41, 5.74) is 6.31. The summed E-state index contributed by atoms with van der Waals surface area (Å²) in [5, 5.41) is 0.512. The summed E-state index contributed by atoms with van der Waals surface area (Å²) in [7, 11) is 2.87. The fourth-order valence-electron chi connectivity index (χ4n) is 1.48. The van der Waals surface area contributed by atoms with Gasteiger partial charge < -0.3 is 19.9 Å². The Morgan fingerprint density at radius 2 is 1.65 bits per heavy atom. The summed E-state index contributed by atoms with van der Waals surface area (Å²) >= 11 is 6.05. The molecule has 7 nitrogen and oxygen atoms in total. The lowest BCUT2D eigenvalue weighted by Gasteiger charge is -2.10. The van der Waals surface area contributed by atoms with Crippen molar-refractivity contribution >= 4 is 11.6 Å². The molecular weight excluding hydrogens is 284 g/mol. The highest BCUT2D eigenvalue weighted by Crippen LogP contribution is 2.29. The summed E-state index contributed by atoms with van der Waals surface area (Å²) in [6.07, 6.45) is 0. The third-order valence-electron chi connectivity index (χ3n) is 2.42. The zero-order valence-electron chi connectivity index (χ0n) is 11.0. The summed E-state index contributed by atoms with van der Waals surface area (Å²) in [4.78, 5) is 11.8. The van der Waals surface area contributed by atoms with Crippen molar-refractivity contribution in [1.29, 1.82) is 0 Å². The second kappa shape index (κ2) is 6.36. The normalized spacial score (nSPS) is 10.2. The molecule has 0 aliphatic rings. The van der Waals surface area contributed by atoms with Gasteiger partial charge in [0, 0.05) is 17.1 Å². The van der Waals surface area contributed by atoms with Crippen LogP contribution in [0.2, 0.25) is 5.02 Å². The van der Waals surface area contributed by atoms with E-state index in [1.807, 2.05) is 0 Å². The Morgan fingerprint density at radius 3 is 2.20 bits per heavy atom. The highest BCUT2D eigenvalue weighted by atomic mass is 35.5. The zero-order valence-corrected chi connectivity index (χ0v) is 11.7.